The number of nitriles is 1. The van der Waals surface area contributed by atoms with E-state index in [0.717, 1.165) is 63.6 Å². The SMILES string of the molecule is CC(=O)N1CCC(n2ncc(-c3cc(Sc4cccn5cncc45)c4c(C#N)cnn4c3)c2C)CC1. The third-order valence-corrected chi connectivity index (χ3v) is 8.04. The van der Waals surface area contributed by atoms with E-state index in [2.05, 4.69) is 39.9 Å². The van der Waals surface area contributed by atoms with Crippen LogP contribution in [0.15, 0.2) is 65.3 Å². The van der Waals surface area contributed by atoms with Crippen molar-refractivity contribution in [1.82, 2.24) is 33.7 Å². The largest absolute Gasteiger partial charge is 0.343 e. The number of likely N-dealkylation sites (tertiary alicyclic amines) is 1. The summed E-state index contributed by atoms with van der Waals surface area (Å²) >= 11 is 1.60. The second-order valence-corrected chi connectivity index (χ2v) is 10.1. The summed E-state index contributed by atoms with van der Waals surface area (Å²) in [5.74, 6) is 0.132. The average molecular weight is 497 g/mol. The molecule has 180 valence electrons. The third-order valence-electron chi connectivity index (χ3n) is 6.94. The molecule has 5 aromatic rings. The first-order chi connectivity index (χ1) is 17.5. The quantitative estimate of drug-likeness (QED) is 0.367. The van der Waals surface area contributed by atoms with Crippen LogP contribution in [0.4, 0.5) is 0 Å². The topological polar surface area (TPSA) is 96.5 Å². The van der Waals surface area contributed by atoms with Gasteiger partial charge in [-0.25, -0.2) is 9.50 Å². The number of imidazole rings is 1. The molecule has 9 nitrogen and oxygen atoms in total. The third kappa shape index (κ3) is 3.72. The van der Waals surface area contributed by atoms with E-state index in [1.165, 1.54) is 0 Å². The summed E-state index contributed by atoms with van der Waals surface area (Å²) in [6, 6.07) is 8.71. The number of nitrogens with zero attached hydrogens (tertiary/aromatic N) is 8. The first kappa shape index (κ1) is 22.4. The summed E-state index contributed by atoms with van der Waals surface area (Å²) < 4.78 is 5.87. The number of aromatic nitrogens is 6. The van der Waals surface area contributed by atoms with Crippen LogP contribution in [0.3, 0.4) is 0 Å². The lowest BCUT2D eigenvalue weighted by molar-refractivity contribution is -0.130. The Balaban J connectivity index is 1.40. The molecule has 0 spiro atoms. The number of amides is 1. The van der Waals surface area contributed by atoms with Crippen LogP contribution in [0.2, 0.25) is 0 Å². The van der Waals surface area contributed by atoms with Crippen molar-refractivity contribution in [3.63, 3.8) is 0 Å². The zero-order valence-corrected chi connectivity index (χ0v) is 20.8. The van der Waals surface area contributed by atoms with Crippen LogP contribution in [0.5, 0.6) is 0 Å². The molecular weight excluding hydrogens is 472 g/mol. The molecule has 5 aromatic heterocycles. The van der Waals surface area contributed by atoms with Crippen LogP contribution in [-0.2, 0) is 4.79 Å². The molecule has 6 heterocycles. The van der Waals surface area contributed by atoms with Gasteiger partial charge in [0.1, 0.15) is 6.07 Å². The molecule has 0 radical (unpaired) electrons. The van der Waals surface area contributed by atoms with Crippen molar-refractivity contribution < 1.29 is 4.79 Å². The molecule has 0 atom stereocenters. The fraction of sp³-hybridized carbons (Fsp3) is 0.269. The molecule has 1 fully saturated rings. The maximum absolute atomic E-state index is 11.7. The first-order valence-electron chi connectivity index (χ1n) is 11.8. The Bertz CT molecular complexity index is 1650. The highest BCUT2D eigenvalue weighted by atomic mass is 32.2. The van der Waals surface area contributed by atoms with Crippen molar-refractivity contribution in [1.29, 1.82) is 5.26 Å². The van der Waals surface area contributed by atoms with E-state index in [1.54, 1.807) is 35.7 Å². The summed E-state index contributed by atoms with van der Waals surface area (Å²) in [6.45, 7) is 5.23. The second kappa shape index (κ2) is 8.84. The second-order valence-electron chi connectivity index (χ2n) is 9.04. The number of carbonyl (C=O) groups is 1. The molecule has 1 amide bonds. The Labute approximate surface area is 212 Å². The highest BCUT2D eigenvalue weighted by molar-refractivity contribution is 7.99. The van der Waals surface area contributed by atoms with Gasteiger partial charge in [-0.2, -0.15) is 15.5 Å². The summed E-state index contributed by atoms with van der Waals surface area (Å²) in [7, 11) is 0. The van der Waals surface area contributed by atoms with E-state index in [0.29, 0.717) is 5.56 Å². The van der Waals surface area contributed by atoms with Gasteiger partial charge < -0.3 is 9.30 Å². The van der Waals surface area contributed by atoms with Crippen LogP contribution in [0.1, 0.15) is 37.1 Å². The van der Waals surface area contributed by atoms with Gasteiger partial charge in [-0.15, -0.1) is 0 Å². The van der Waals surface area contributed by atoms with Crippen LogP contribution in [-0.4, -0.2) is 52.7 Å². The molecule has 0 aromatic carbocycles. The predicted molar refractivity (Wildman–Crippen MR) is 136 cm³/mol. The van der Waals surface area contributed by atoms with Crippen molar-refractivity contribution >= 4 is 28.7 Å². The summed E-state index contributed by atoms with van der Waals surface area (Å²) in [6.07, 6.45) is 12.9. The number of hydrogen-bond donors (Lipinski definition) is 0. The molecule has 0 saturated carbocycles. The molecule has 0 N–H and O–H groups in total. The maximum atomic E-state index is 11.7. The Morgan fingerprint density at radius 2 is 2.00 bits per heavy atom. The summed E-state index contributed by atoms with van der Waals surface area (Å²) in [5, 5.41) is 18.9. The molecular formula is C26H24N8OS. The molecule has 0 aliphatic carbocycles. The lowest BCUT2D eigenvalue weighted by Gasteiger charge is -2.32. The lowest BCUT2D eigenvalue weighted by Crippen LogP contribution is -2.38. The monoisotopic (exact) mass is 496 g/mol. The molecule has 1 aliphatic rings. The minimum Gasteiger partial charge on any atom is -0.343 e. The van der Waals surface area contributed by atoms with Gasteiger partial charge in [0, 0.05) is 59.0 Å². The summed E-state index contributed by atoms with van der Waals surface area (Å²) in [5.41, 5.74) is 5.43. The van der Waals surface area contributed by atoms with Crippen molar-refractivity contribution in [3.8, 4) is 17.2 Å². The Morgan fingerprint density at radius 1 is 1.17 bits per heavy atom. The summed E-state index contributed by atoms with van der Waals surface area (Å²) in [4.78, 5) is 19.9. The average Bonchev–Trinajstić information content (AvgIpc) is 3.62. The van der Waals surface area contributed by atoms with Crippen LogP contribution in [0, 0.1) is 18.3 Å². The standard InChI is InChI=1S/C26H24N8OS/c1-17-22(13-30-34(17)21-5-8-31(9-6-21)18(2)35)19-10-25(26-20(11-27)12-29-33(26)15-19)36-24-4-3-7-32-16-28-14-23(24)32/h3-4,7,10,12-16,21H,5-6,8-9H2,1-2H3. The molecule has 0 bridgehead atoms. The van der Waals surface area contributed by atoms with Crippen LogP contribution >= 0.6 is 11.8 Å². The van der Waals surface area contributed by atoms with Gasteiger partial charge in [-0.3, -0.25) is 9.48 Å². The van der Waals surface area contributed by atoms with Gasteiger partial charge in [-0.1, -0.05) is 11.8 Å². The van der Waals surface area contributed by atoms with Gasteiger partial charge >= 0.3 is 0 Å². The van der Waals surface area contributed by atoms with E-state index in [1.807, 2.05) is 40.2 Å². The number of rotatable bonds is 4. The Kier molecular flexibility index (Phi) is 5.49. The minimum absolute atomic E-state index is 0.132. The zero-order valence-electron chi connectivity index (χ0n) is 20.0. The maximum Gasteiger partial charge on any atom is 0.219 e. The van der Waals surface area contributed by atoms with Crippen molar-refractivity contribution in [2.45, 2.75) is 42.5 Å². The molecule has 1 aliphatic heterocycles. The molecule has 10 heteroatoms. The van der Waals surface area contributed by atoms with Crippen molar-refractivity contribution in [2.75, 3.05) is 13.1 Å². The van der Waals surface area contributed by atoms with Gasteiger partial charge in [0.05, 0.1) is 47.6 Å². The molecule has 36 heavy (non-hydrogen) atoms. The number of pyridine rings is 2. The Hall–Kier alpha value is -4.10. The fourth-order valence-electron chi connectivity index (χ4n) is 5.02. The van der Waals surface area contributed by atoms with Crippen LogP contribution in [0.25, 0.3) is 22.2 Å². The van der Waals surface area contributed by atoms with Crippen molar-refractivity contribution in [2.24, 2.45) is 0 Å². The van der Waals surface area contributed by atoms with E-state index in [4.69, 9.17) is 5.10 Å². The predicted octanol–water partition coefficient (Wildman–Crippen LogP) is 4.36. The van der Waals surface area contributed by atoms with Gasteiger partial charge in [0.2, 0.25) is 5.91 Å². The lowest BCUT2D eigenvalue weighted by atomic mass is 10.0. The highest BCUT2D eigenvalue weighted by Gasteiger charge is 2.25. The number of hydrogen-bond acceptors (Lipinski definition) is 6. The molecule has 1 saturated heterocycles. The Morgan fingerprint density at radius 3 is 2.78 bits per heavy atom. The fourth-order valence-corrected chi connectivity index (χ4v) is 6.15. The first-order valence-corrected chi connectivity index (χ1v) is 12.6. The molecule has 6 rings (SSSR count). The van der Waals surface area contributed by atoms with Crippen molar-refractivity contribution in [3.05, 3.63) is 66.8 Å². The number of fused-ring (bicyclic) bond motifs is 2. The van der Waals surface area contributed by atoms with E-state index >= 15 is 0 Å². The van der Waals surface area contributed by atoms with E-state index < -0.39 is 0 Å². The number of piperidine rings is 1. The molecule has 0 unspecified atom stereocenters. The van der Waals surface area contributed by atoms with Crippen LogP contribution < -0.4 is 0 Å². The normalized spacial score (nSPS) is 14.5. The van der Waals surface area contributed by atoms with E-state index in [9.17, 15) is 10.1 Å². The minimum atomic E-state index is 0.132. The van der Waals surface area contributed by atoms with Gasteiger partial charge in [0.15, 0.2) is 0 Å². The van der Waals surface area contributed by atoms with Gasteiger partial charge in [-0.05, 0) is 38.0 Å². The zero-order chi connectivity index (χ0) is 24.8. The smallest absolute Gasteiger partial charge is 0.219 e. The highest BCUT2D eigenvalue weighted by Crippen LogP contribution is 2.38. The van der Waals surface area contributed by atoms with E-state index in [-0.39, 0.29) is 11.9 Å². The van der Waals surface area contributed by atoms with Gasteiger partial charge in [0.25, 0.3) is 0 Å². The number of carbonyl (C=O) groups excluding carboxylic acids is 1.